The molecule has 22 heavy (non-hydrogen) atoms. The van der Waals surface area contributed by atoms with Crippen LogP contribution in [0.4, 0.5) is 11.4 Å². The molecule has 0 heterocycles. The summed E-state index contributed by atoms with van der Waals surface area (Å²) in [5.74, 6) is -1.23. The Morgan fingerprint density at radius 1 is 1.05 bits per heavy atom. The minimum absolute atomic E-state index is 0.503. The van der Waals surface area contributed by atoms with Gasteiger partial charge in [-0.1, -0.05) is 0 Å². The number of anilines is 2. The molecule has 0 saturated heterocycles. The van der Waals surface area contributed by atoms with Gasteiger partial charge in [0, 0.05) is 25.5 Å². The number of hydrogen-bond donors (Lipinski definition) is 3. The second-order valence-electron chi connectivity index (χ2n) is 5.36. The van der Waals surface area contributed by atoms with Gasteiger partial charge >= 0.3 is 11.8 Å². The van der Waals surface area contributed by atoms with Crippen molar-refractivity contribution < 1.29 is 14.5 Å². The molecular weight excluding hydrogens is 280 g/mol. The number of carbonyl (C=O) groups is 2. The van der Waals surface area contributed by atoms with E-state index in [9.17, 15) is 9.59 Å². The van der Waals surface area contributed by atoms with Gasteiger partial charge in [0.1, 0.15) is 0 Å². The molecule has 6 nitrogen and oxygen atoms in total. The predicted octanol–water partition coefficient (Wildman–Crippen LogP) is -0.268. The monoisotopic (exact) mass is 307 g/mol. The molecule has 1 rings (SSSR count). The van der Waals surface area contributed by atoms with Gasteiger partial charge in [0.2, 0.25) is 0 Å². The largest absolute Gasteiger partial charge is 0.378 e. The number of nitrogens with one attached hydrogen (secondary N) is 3. The third kappa shape index (κ3) is 5.73. The van der Waals surface area contributed by atoms with Crippen LogP contribution in [0.5, 0.6) is 0 Å². The SMILES string of the molecule is CC[NH+](CC)CCNC(=O)C(=O)Nc1ccc(N(C)C)cc1. The Labute approximate surface area is 132 Å². The normalized spacial score (nSPS) is 10.4. The van der Waals surface area contributed by atoms with Gasteiger partial charge in [-0.25, -0.2) is 0 Å². The zero-order valence-electron chi connectivity index (χ0n) is 13.9. The smallest absolute Gasteiger partial charge is 0.313 e. The first-order valence-corrected chi connectivity index (χ1v) is 7.68. The topological polar surface area (TPSA) is 65.9 Å². The third-order valence-electron chi connectivity index (χ3n) is 3.61. The van der Waals surface area contributed by atoms with Crippen LogP contribution in [0.25, 0.3) is 0 Å². The molecule has 0 spiro atoms. The van der Waals surface area contributed by atoms with Crippen LogP contribution < -0.4 is 20.4 Å². The second-order valence-corrected chi connectivity index (χ2v) is 5.36. The van der Waals surface area contributed by atoms with Crippen molar-refractivity contribution in [3.05, 3.63) is 24.3 Å². The fourth-order valence-electron chi connectivity index (χ4n) is 2.07. The Balaban J connectivity index is 2.42. The van der Waals surface area contributed by atoms with Gasteiger partial charge in [-0.15, -0.1) is 0 Å². The summed E-state index contributed by atoms with van der Waals surface area (Å²) in [6.07, 6.45) is 0. The van der Waals surface area contributed by atoms with Gasteiger partial charge in [0.15, 0.2) is 0 Å². The van der Waals surface area contributed by atoms with Crippen molar-refractivity contribution in [1.29, 1.82) is 0 Å². The highest BCUT2D eigenvalue weighted by Crippen LogP contribution is 2.15. The minimum Gasteiger partial charge on any atom is -0.378 e. The number of nitrogens with zero attached hydrogens (tertiary/aromatic N) is 1. The summed E-state index contributed by atoms with van der Waals surface area (Å²) >= 11 is 0. The van der Waals surface area contributed by atoms with Crippen LogP contribution in [0.15, 0.2) is 24.3 Å². The molecule has 0 aliphatic carbocycles. The molecule has 6 heteroatoms. The fraction of sp³-hybridized carbons (Fsp3) is 0.500. The van der Waals surface area contributed by atoms with E-state index in [2.05, 4.69) is 24.5 Å². The van der Waals surface area contributed by atoms with E-state index in [0.29, 0.717) is 12.2 Å². The van der Waals surface area contributed by atoms with E-state index in [-0.39, 0.29) is 0 Å². The van der Waals surface area contributed by atoms with Gasteiger partial charge in [-0.05, 0) is 38.1 Å². The number of benzene rings is 1. The average molecular weight is 307 g/mol. The van der Waals surface area contributed by atoms with E-state index in [1.807, 2.05) is 31.1 Å². The van der Waals surface area contributed by atoms with Crippen LogP contribution in [0.3, 0.4) is 0 Å². The van der Waals surface area contributed by atoms with Crippen LogP contribution in [0.1, 0.15) is 13.8 Å². The third-order valence-corrected chi connectivity index (χ3v) is 3.61. The lowest BCUT2D eigenvalue weighted by Crippen LogP contribution is -3.12. The molecule has 3 N–H and O–H groups in total. The quantitative estimate of drug-likeness (QED) is 0.608. The Bertz CT molecular complexity index is 481. The molecular formula is C16H27N4O2+. The van der Waals surface area contributed by atoms with E-state index >= 15 is 0 Å². The van der Waals surface area contributed by atoms with Crippen molar-refractivity contribution in [2.75, 3.05) is 50.5 Å². The van der Waals surface area contributed by atoms with Crippen LogP contribution >= 0.6 is 0 Å². The summed E-state index contributed by atoms with van der Waals surface area (Å²) in [5.41, 5.74) is 1.64. The van der Waals surface area contributed by atoms with E-state index in [1.165, 1.54) is 4.90 Å². The highest BCUT2D eigenvalue weighted by molar-refractivity contribution is 6.39. The fourth-order valence-corrected chi connectivity index (χ4v) is 2.07. The summed E-state index contributed by atoms with van der Waals surface area (Å²) in [7, 11) is 3.89. The summed E-state index contributed by atoms with van der Waals surface area (Å²) in [4.78, 5) is 26.9. The van der Waals surface area contributed by atoms with Crippen molar-refractivity contribution in [3.63, 3.8) is 0 Å². The van der Waals surface area contributed by atoms with Gasteiger partial charge in [0.25, 0.3) is 0 Å². The molecule has 0 radical (unpaired) electrons. The molecule has 0 unspecified atom stereocenters. The summed E-state index contributed by atoms with van der Waals surface area (Å²) in [6, 6.07) is 7.33. The number of rotatable bonds is 7. The molecule has 2 amide bonds. The van der Waals surface area contributed by atoms with Crippen LogP contribution in [-0.4, -0.2) is 52.1 Å². The molecule has 1 aromatic carbocycles. The Morgan fingerprint density at radius 2 is 1.64 bits per heavy atom. The number of amides is 2. The lowest BCUT2D eigenvalue weighted by Gasteiger charge is -2.15. The standard InChI is InChI=1S/C16H26N4O2/c1-5-20(6-2)12-11-17-15(21)16(22)18-13-7-9-14(10-8-13)19(3)4/h7-10H,5-6,11-12H2,1-4H3,(H,17,21)(H,18,22)/p+1. The summed E-state index contributed by atoms with van der Waals surface area (Å²) in [5, 5.41) is 5.25. The lowest BCUT2D eigenvalue weighted by atomic mass is 10.2. The Morgan fingerprint density at radius 3 is 2.14 bits per heavy atom. The van der Waals surface area contributed by atoms with Crippen molar-refractivity contribution >= 4 is 23.2 Å². The maximum Gasteiger partial charge on any atom is 0.313 e. The van der Waals surface area contributed by atoms with Crippen LogP contribution in [0.2, 0.25) is 0 Å². The van der Waals surface area contributed by atoms with Gasteiger partial charge in [0.05, 0.1) is 26.2 Å². The molecule has 0 atom stereocenters. The zero-order valence-corrected chi connectivity index (χ0v) is 13.9. The first kappa shape index (κ1) is 18.0. The Hall–Kier alpha value is -2.08. The number of hydrogen-bond acceptors (Lipinski definition) is 3. The van der Waals surface area contributed by atoms with Crippen molar-refractivity contribution in [2.45, 2.75) is 13.8 Å². The van der Waals surface area contributed by atoms with Gasteiger partial charge in [-0.3, -0.25) is 9.59 Å². The first-order valence-electron chi connectivity index (χ1n) is 7.68. The molecule has 0 saturated carbocycles. The molecule has 0 aromatic heterocycles. The van der Waals surface area contributed by atoms with E-state index in [0.717, 1.165) is 25.3 Å². The summed E-state index contributed by atoms with van der Waals surface area (Å²) < 4.78 is 0. The molecule has 0 aliphatic heterocycles. The van der Waals surface area contributed by atoms with Crippen molar-refractivity contribution in [3.8, 4) is 0 Å². The lowest BCUT2D eigenvalue weighted by molar-refractivity contribution is -0.895. The first-order chi connectivity index (χ1) is 10.5. The zero-order chi connectivity index (χ0) is 16.5. The Kier molecular flexibility index (Phi) is 7.39. The highest BCUT2D eigenvalue weighted by Gasteiger charge is 2.14. The highest BCUT2D eigenvalue weighted by atomic mass is 16.2. The van der Waals surface area contributed by atoms with E-state index < -0.39 is 11.8 Å². The maximum atomic E-state index is 11.8. The maximum absolute atomic E-state index is 11.8. The average Bonchev–Trinajstić information content (AvgIpc) is 2.51. The molecule has 122 valence electrons. The molecule has 1 aromatic rings. The minimum atomic E-state index is -0.632. The van der Waals surface area contributed by atoms with E-state index in [4.69, 9.17) is 0 Å². The number of carbonyl (C=O) groups excluding carboxylic acids is 2. The molecule has 0 fully saturated rings. The van der Waals surface area contributed by atoms with Gasteiger partial charge < -0.3 is 20.4 Å². The van der Waals surface area contributed by atoms with E-state index in [1.54, 1.807) is 12.1 Å². The van der Waals surface area contributed by atoms with Gasteiger partial charge in [-0.2, -0.15) is 0 Å². The molecule has 0 aliphatic rings. The number of quaternary nitrogens is 1. The van der Waals surface area contributed by atoms with Crippen molar-refractivity contribution in [2.24, 2.45) is 0 Å². The van der Waals surface area contributed by atoms with Crippen LogP contribution in [0, 0.1) is 0 Å². The predicted molar refractivity (Wildman–Crippen MR) is 89.3 cm³/mol. The second kappa shape index (κ2) is 9.04. The van der Waals surface area contributed by atoms with Crippen LogP contribution in [-0.2, 0) is 9.59 Å². The van der Waals surface area contributed by atoms with Crippen molar-refractivity contribution in [1.82, 2.24) is 5.32 Å². The summed E-state index contributed by atoms with van der Waals surface area (Å²) in [6.45, 7) is 7.55. The number of likely N-dealkylation sites (N-methyl/N-ethyl adjacent to an activating group) is 1. The molecule has 0 bridgehead atoms.